The fourth-order valence-corrected chi connectivity index (χ4v) is 7.86. The van der Waals surface area contributed by atoms with Gasteiger partial charge in [-0.15, -0.1) is 0 Å². The smallest absolute Gasteiger partial charge is 0.780 e. The number of rotatable bonds is 9. The number of carboxylic acids is 2. The summed E-state index contributed by atoms with van der Waals surface area (Å²) < 4.78 is 15.8. The van der Waals surface area contributed by atoms with Gasteiger partial charge in [-0.1, -0.05) is 12.1 Å². The van der Waals surface area contributed by atoms with E-state index in [0.717, 1.165) is 32.6 Å². The van der Waals surface area contributed by atoms with E-state index in [-0.39, 0.29) is 155 Å². The van der Waals surface area contributed by atoms with Gasteiger partial charge in [0.05, 0.1) is 11.9 Å². The molecule has 1 heterocycles. The van der Waals surface area contributed by atoms with Crippen molar-refractivity contribution in [3.8, 4) is 5.75 Å². The summed E-state index contributed by atoms with van der Waals surface area (Å²) in [6.07, 6.45) is 5.22. The van der Waals surface area contributed by atoms with E-state index in [4.69, 9.17) is 9.78 Å². The maximum absolute atomic E-state index is 11.6. The molecule has 1 aliphatic heterocycles. The Hall–Kier alpha value is 2.03. The molecule has 1 aromatic carbocycles. The normalized spacial score (nSPS) is 32.0. The third-order valence-corrected chi connectivity index (χ3v) is 9.36. The van der Waals surface area contributed by atoms with Gasteiger partial charge in [0.15, 0.2) is 5.60 Å². The first kappa shape index (κ1) is 39.1. The summed E-state index contributed by atoms with van der Waals surface area (Å²) in [4.78, 5) is 57.5. The van der Waals surface area contributed by atoms with E-state index in [1.54, 1.807) is 12.1 Å². The number of phosphoric ester groups is 1. The average molecular weight is 598 g/mol. The van der Waals surface area contributed by atoms with Crippen molar-refractivity contribution in [2.24, 2.45) is 29.1 Å². The standard InChI is InChI=1S/C24H31O10P.4Na/c1-22(20(25)26,21(27)28)6-3-7-23(16-4-2-5-19(13-16)32-35(29,30)31)24(34-33-23)17-9-14-8-15(11-17)12-18(24)10-14;;;;/h2,4-5,13-15,17-18H,3,6-12H2,1H3,(H,25,26)(H,27,28)(H2,29,30,31);;;;/q;4*+1/p-4. The van der Waals surface area contributed by atoms with Crippen molar-refractivity contribution in [2.45, 2.75) is 69.5 Å². The summed E-state index contributed by atoms with van der Waals surface area (Å²) in [5, 5.41) is 23.1. The zero-order valence-corrected chi connectivity index (χ0v) is 32.2. The van der Waals surface area contributed by atoms with Gasteiger partial charge in [-0.05, 0) is 99.7 Å². The van der Waals surface area contributed by atoms with Gasteiger partial charge in [0, 0.05) is 5.41 Å². The molecule has 1 spiro atoms. The van der Waals surface area contributed by atoms with E-state index in [9.17, 15) is 34.2 Å². The molecule has 1 atom stereocenters. The number of carbonyl (C=O) groups is 2. The van der Waals surface area contributed by atoms with Gasteiger partial charge in [0.25, 0.3) is 0 Å². The Labute approximate surface area is 316 Å². The van der Waals surface area contributed by atoms with Crippen molar-refractivity contribution < 1.29 is 167 Å². The summed E-state index contributed by atoms with van der Waals surface area (Å²) in [6.45, 7) is 1.07. The minimum Gasteiger partial charge on any atom is -0.780 e. The molecule has 10 nitrogen and oxygen atoms in total. The molecule has 6 rings (SSSR count). The fraction of sp³-hybridized carbons (Fsp3) is 0.667. The second kappa shape index (κ2) is 14.4. The molecule has 1 aromatic rings. The predicted octanol–water partition coefficient (Wildman–Crippen LogP) is -12.1. The van der Waals surface area contributed by atoms with E-state index in [2.05, 4.69) is 4.52 Å². The zero-order chi connectivity index (χ0) is 25.2. The van der Waals surface area contributed by atoms with Gasteiger partial charge in [0.2, 0.25) is 0 Å². The molecular weight excluding hydrogens is 571 g/mol. The maximum Gasteiger partial charge on any atom is 1.00 e. The maximum atomic E-state index is 11.6. The molecule has 15 heteroatoms. The second-order valence-corrected chi connectivity index (χ2v) is 12.0. The van der Waals surface area contributed by atoms with Crippen molar-refractivity contribution in [2.75, 3.05) is 0 Å². The first-order valence-corrected chi connectivity index (χ1v) is 13.5. The van der Waals surface area contributed by atoms with Gasteiger partial charge >= 0.3 is 118 Å². The monoisotopic (exact) mass is 598 g/mol. The molecule has 5 fully saturated rings. The minimum atomic E-state index is -5.29. The molecular formula is C24H27Na4O10P. The fourth-order valence-electron chi connectivity index (χ4n) is 7.48. The van der Waals surface area contributed by atoms with E-state index < -0.39 is 36.4 Å². The van der Waals surface area contributed by atoms with Crippen molar-refractivity contribution >= 4 is 19.8 Å². The number of benzene rings is 1. The summed E-state index contributed by atoms with van der Waals surface area (Å²) in [6, 6.07) is 6.08. The van der Waals surface area contributed by atoms with E-state index in [0.29, 0.717) is 17.4 Å². The molecule has 0 aromatic heterocycles. The number of aliphatic carboxylic acids is 2. The summed E-state index contributed by atoms with van der Waals surface area (Å²) in [5.74, 6) is -1.99. The Bertz CT molecular complexity index is 1060. The van der Waals surface area contributed by atoms with Gasteiger partial charge < -0.3 is 38.7 Å². The predicted molar refractivity (Wildman–Crippen MR) is 110 cm³/mol. The van der Waals surface area contributed by atoms with E-state index in [1.807, 2.05) is 0 Å². The zero-order valence-electron chi connectivity index (χ0n) is 23.3. The van der Waals surface area contributed by atoms with Gasteiger partial charge in [0.1, 0.15) is 19.2 Å². The Morgan fingerprint density at radius 2 is 1.51 bits per heavy atom. The third-order valence-electron chi connectivity index (χ3n) is 8.93. The van der Waals surface area contributed by atoms with Crippen molar-refractivity contribution in [1.82, 2.24) is 0 Å². The van der Waals surface area contributed by atoms with E-state index in [1.165, 1.54) is 18.6 Å². The minimum absolute atomic E-state index is 0. The first-order valence-electron chi connectivity index (χ1n) is 12.0. The van der Waals surface area contributed by atoms with Crippen LogP contribution in [0.4, 0.5) is 0 Å². The molecule has 1 saturated heterocycles. The van der Waals surface area contributed by atoms with Crippen LogP contribution in [0.25, 0.3) is 0 Å². The Kier molecular flexibility index (Phi) is 14.4. The Balaban J connectivity index is 0.00000190. The van der Waals surface area contributed by atoms with Crippen LogP contribution in [0.3, 0.4) is 0 Å². The van der Waals surface area contributed by atoms with Crippen molar-refractivity contribution in [3.63, 3.8) is 0 Å². The van der Waals surface area contributed by atoms with Crippen molar-refractivity contribution in [1.29, 1.82) is 0 Å². The SMILES string of the molecule is CC(CCCC1(c2cccc(OP(=O)([O-])[O-])c2)OOC12C1CC3CC(C1)CC2C3)(C(=O)[O-])C(=O)[O-].[Na+].[Na+].[Na+].[Na+]. The molecule has 4 saturated carbocycles. The molecule has 0 N–H and O–H groups in total. The molecule has 4 aliphatic carbocycles. The molecule has 0 radical (unpaired) electrons. The number of hydrogen-bond donors (Lipinski definition) is 0. The van der Waals surface area contributed by atoms with E-state index >= 15 is 0 Å². The van der Waals surface area contributed by atoms with Crippen LogP contribution < -0.4 is 143 Å². The van der Waals surface area contributed by atoms with Crippen LogP contribution >= 0.6 is 7.82 Å². The van der Waals surface area contributed by atoms with Crippen LogP contribution in [0.2, 0.25) is 0 Å². The topological polar surface area (TPSA) is 171 Å². The van der Waals surface area contributed by atoms with Crippen LogP contribution in [0, 0.1) is 29.1 Å². The van der Waals surface area contributed by atoms with Crippen LogP contribution in [0.5, 0.6) is 5.75 Å². The van der Waals surface area contributed by atoms with Crippen molar-refractivity contribution in [3.05, 3.63) is 29.8 Å². The number of carbonyl (C=O) groups excluding carboxylic acids is 2. The van der Waals surface area contributed by atoms with Gasteiger partial charge in [-0.3, -0.25) is 0 Å². The third kappa shape index (κ3) is 6.99. The second-order valence-electron chi connectivity index (χ2n) is 10.9. The van der Waals surface area contributed by atoms with Crippen LogP contribution in [0.1, 0.15) is 63.9 Å². The van der Waals surface area contributed by atoms with Crippen LogP contribution in [-0.2, 0) is 29.5 Å². The summed E-state index contributed by atoms with van der Waals surface area (Å²) in [7, 11) is -5.29. The molecule has 1 unspecified atom stereocenters. The quantitative estimate of drug-likeness (QED) is 0.115. The van der Waals surface area contributed by atoms with Gasteiger partial charge in [-0.25, -0.2) is 9.78 Å². The first-order chi connectivity index (χ1) is 16.4. The number of carboxylic acid groups (broad SMARTS) is 2. The number of hydrogen-bond acceptors (Lipinski definition) is 10. The van der Waals surface area contributed by atoms with Crippen LogP contribution in [-0.4, -0.2) is 17.5 Å². The number of phosphoric acid groups is 1. The molecule has 5 aliphatic rings. The summed E-state index contributed by atoms with van der Waals surface area (Å²) >= 11 is 0. The molecule has 192 valence electrons. The van der Waals surface area contributed by atoms with Crippen LogP contribution in [0.15, 0.2) is 24.3 Å². The largest absolute Gasteiger partial charge is 1.00 e. The summed E-state index contributed by atoms with van der Waals surface area (Å²) in [5.41, 5.74) is -3.42. The molecule has 4 bridgehead atoms. The molecule has 39 heavy (non-hydrogen) atoms. The Morgan fingerprint density at radius 1 is 0.974 bits per heavy atom. The molecule has 0 amide bonds. The average Bonchev–Trinajstić information content (AvgIpc) is 2.74. The van der Waals surface area contributed by atoms with Gasteiger partial charge in [-0.2, -0.15) is 0 Å². The Morgan fingerprint density at radius 3 is 1.95 bits per heavy atom.